The molecule has 7 nitrogen and oxygen atoms in total. The van der Waals surface area contributed by atoms with E-state index in [1.165, 1.54) is 0 Å². The molecule has 0 saturated carbocycles. The number of hydrogen-bond donors (Lipinski definition) is 4. The van der Waals surface area contributed by atoms with Crippen molar-refractivity contribution in [3.63, 3.8) is 0 Å². The summed E-state index contributed by atoms with van der Waals surface area (Å²) in [5, 5.41) is 36.1. The largest absolute Gasteiger partial charge is 0.435 e. The number of carbonyl (C=O) groups is 1. The Morgan fingerprint density at radius 2 is 1.69 bits per heavy atom. The van der Waals surface area contributed by atoms with Crippen LogP contribution in [0.3, 0.4) is 0 Å². The first-order valence-electron chi connectivity index (χ1n) is 3.54. The summed E-state index contributed by atoms with van der Waals surface area (Å²) in [6.07, 6.45) is -7.98. The summed E-state index contributed by atoms with van der Waals surface area (Å²) >= 11 is 0. The van der Waals surface area contributed by atoms with Gasteiger partial charge < -0.3 is 29.9 Å². The van der Waals surface area contributed by atoms with Gasteiger partial charge in [0.25, 0.3) is 6.47 Å². The molecule has 1 rings (SSSR count). The van der Waals surface area contributed by atoms with Gasteiger partial charge in [-0.1, -0.05) is 0 Å². The Balaban J connectivity index is 2.64. The van der Waals surface area contributed by atoms with Crippen LogP contribution in [0.15, 0.2) is 0 Å². The standard InChI is InChI=1S/C6H10O7/c7-1-12-6-4(10)2(8)3(9)5(11)13-6/h1-6,8-11H/t2?,3?,4-,5+,6+/m0/s1. The van der Waals surface area contributed by atoms with Gasteiger partial charge in [0, 0.05) is 0 Å². The van der Waals surface area contributed by atoms with Gasteiger partial charge >= 0.3 is 0 Å². The highest BCUT2D eigenvalue weighted by molar-refractivity contribution is 5.37. The third-order valence-corrected chi connectivity index (χ3v) is 1.73. The summed E-state index contributed by atoms with van der Waals surface area (Å²) in [4.78, 5) is 9.87. The number of carbonyl (C=O) groups excluding carboxylic acids is 1. The van der Waals surface area contributed by atoms with E-state index < -0.39 is 30.9 Å². The summed E-state index contributed by atoms with van der Waals surface area (Å²) in [6.45, 7) is 0.00499. The smallest absolute Gasteiger partial charge is 0.295 e. The van der Waals surface area contributed by atoms with Crippen molar-refractivity contribution in [2.24, 2.45) is 0 Å². The summed E-state index contributed by atoms with van der Waals surface area (Å²) in [6, 6.07) is 0. The minimum absolute atomic E-state index is 0.00499. The van der Waals surface area contributed by atoms with Gasteiger partial charge in [-0.25, -0.2) is 0 Å². The van der Waals surface area contributed by atoms with E-state index in [2.05, 4.69) is 9.47 Å². The molecule has 0 aromatic rings. The molecule has 0 aromatic carbocycles. The molecule has 1 saturated heterocycles. The Bertz CT molecular complexity index is 184. The van der Waals surface area contributed by atoms with Crippen molar-refractivity contribution in [2.75, 3.05) is 0 Å². The molecule has 0 amide bonds. The summed E-state index contributed by atoms with van der Waals surface area (Å²) < 4.78 is 8.66. The first kappa shape index (κ1) is 10.4. The Morgan fingerprint density at radius 3 is 2.23 bits per heavy atom. The number of ether oxygens (including phenoxy) is 2. The second-order valence-electron chi connectivity index (χ2n) is 2.60. The van der Waals surface area contributed by atoms with Crippen LogP contribution in [0.2, 0.25) is 0 Å². The number of hydrogen-bond acceptors (Lipinski definition) is 7. The molecule has 4 N–H and O–H groups in total. The SMILES string of the molecule is O=CO[C@@H]1O[C@@H](O)C(O)C(O)[C@@H]1O. The van der Waals surface area contributed by atoms with Gasteiger partial charge in [0.15, 0.2) is 6.29 Å². The van der Waals surface area contributed by atoms with Crippen molar-refractivity contribution in [1.29, 1.82) is 0 Å². The third kappa shape index (κ3) is 1.95. The molecule has 1 fully saturated rings. The maximum Gasteiger partial charge on any atom is 0.295 e. The molecular weight excluding hydrogens is 184 g/mol. The van der Waals surface area contributed by atoms with Crippen LogP contribution in [0.1, 0.15) is 0 Å². The van der Waals surface area contributed by atoms with Crippen LogP contribution in [0, 0.1) is 0 Å². The zero-order valence-corrected chi connectivity index (χ0v) is 6.48. The molecule has 13 heavy (non-hydrogen) atoms. The number of rotatable bonds is 2. The predicted molar refractivity (Wildman–Crippen MR) is 36.0 cm³/mol. The molecule has 2 unspecified atom stereocenters. The second kappa shape index (κ2) is 3.99. The van der Waals surface area contributed by atoms with Gasteiger partial charge in [0.2, 0.25) is 6.29 Å². The van der Waals surface area contributed by atoms with Gasteiger partial charge in [-0.3, -0.25) is 4.79 Å². The Hall–Kier alpha value is -0.730. The van der Waals surface area contributed by atoms with E-state index in [0.717, 1.165) is 0 Å². The maximum absolute atomic E-state index is 9.87. The van der Waals surface area contributed by atoms with Gasteiger partial charge in [-0.15, -0.1) is 0 Å². The van der Waals surface area contributed by atoms with Crippen molar-refractivity contribution >= 4 is 6.47 Å². The lowest BCUT2D eigenvalue weighted by Gasteiger charge is -2.36. The van der Waals surface area contributed by atoms with Gasteiger partial charge in [-0.05, 0) is 0 Å². The molecule has 5 atom stereocenters. The molecule has 0 aromatic heterocycles. The van der Waals surface area contributed by atoms with E-state index in [4.69, 9.17) is 20.4 Å². The van der Waals surface area contributed by atoms with Crippen LogP contribution < -0.4 is 0 Å². The molecule has 1 aliphatic rings. The van der Waals surface area contributed by atoms with Crippen molar-refractivity contribution < 1.29 is 34.7 Å². The number of aliphatic hydroxyl groups is 4. The van der Waals surface area contributed by atoms with Crippen LogP contribution >= 0.6 is 0 Å². The highest BCUT2D eigenvalue weighted by atomic mass is 16.8. The van der Waals surface area contributed by atoms with Crippen LogP contribution in [-0.4, -0.2) is 57.8 Å². The van der Waals surface area contributed by atoms with E-state index in [9.17, 15) is 4.79 Å². The average molecular weight is 194 g/mol. The lowest BCUT2D eigenvalue weighted by atomic mass is 10.0. The summed E-state index contributed by atoms with van der Waals surface area (Å²) in [7, 11) is 0. The fourth-order valence-electron chi connectivity index (χ4n) is 0.997. The average Bonchev–Trinajstić information content (AvgIpc) is 2.11. The minimum Gasteiger partial charge on any atom is -0.435 e. The molecule has 0 spiro atoms. The molecule has 1 heterocycles. The van der Waals surface area contributed by atoms with E-state index in [-0.39, 0.29) is 6.47 Å². The lowest BCUT2D eigenvalue weighted by Crippen LogP contribution is -2.58. The van der Waals surface area contributed by atoms with Crippen LogP contribution in [-0.2, 0) is 14.3 Å². The summed E-state index contributed by atoms with van der Waals surface area (Å²) in [5.41, 5.74) is 0. The predicted octanol–water partition coefficient (Wildman–Crippen LogP) is -3.08. The zero-order valence-electron chi connectivity index (χ0n) is 6.48. The Kier molecular flexibility index (Phi) is 3.17. The molecule has 76 valence electrons. The summed E-state index contributed by atoms with van der Waals surface area (Å²) in [5.74, 6) is 0. The highest BCUT2D eigenvalue weighted by Gasteiger charge is 2.44. The first-order valence-corrected chi connectivity index (χ1v) is 3.54. The van der Waals surface area contributed by atoms with Gasteiger partial charge in [0.05, 0.1) is 0 Å². The molecule has 7 heteroatoms. The van der Waals surface area contributed by atoms with Crippen LogP contribution in [0.5, 0.6) is 0 Å². The van der Waals surface area contributed by atoms with Crippen molar-refractivity contribution in [3.8, 4) is 0 Å². The molecule has 0 aliphatic carbocycles. The molecular formula is C6H10O7. The molecule has 0 radical (unpaired) electrons. The molecule has 0 bridgehead atoms. The quantitative estimate of drug-likeness (QED) is 0.344. The van der Waals surface area contributed by atoms with E-state index in [0.29, 0.717) is 0 Å². The first-order chi connectivity index (χ1) is 6.07. The van der Waals surface area contributed by atoms with Crippen molar-refractivity contribution in [2.45, 2.75) is 30.9 Å². The van der Waals surface area contributed by atoms with Crippen molar-refractivity contribution in [1.82, 2.24) is 0 Å². The minimum atomic E-state index is -1.69. The Morgan fingerprint density at radius 1 is 1.08 bits per heavy atom. The Labute approximate surface area is 73.1 Å². The second-order valence-corrected chi connectivity index (χ2v) is 2.60. The maximum atomic E-state index is 9.87. The highest BCUT2D eigenvalue weighted by Crippen LogP contribution is 2.19. The lowest BCUT2D eigenvalue weighted by molar-refractivity contribution is -0.328. The van der Waals surface area contributed by atoms with Crippen LogP contribution in [0.4, 0.5) is 0 Å². The molecule has 1 aliphatic heterocycles. The van der Waals surface area contributed by atoms with E-state index >= 15 is 0 Å². The van der Waals surface area contributed by atoms with Gasteiger partial charge in [-0.2, -0.15) is 0 Å². The van der Waals surface area contributed by atoms with Crippen molar-refractivity contribution in [3.05, 3.63) is 0 Å². The fourth-order valence-corrected chi connectivity index (χ4v) is 0.997. The normalized spacial score (nSPS) is 45.7. The third-order valence-electron chi connectivity index (χ3n) is 1.73. The van der Waals surface area contributed by atoms with Crippen LogP contribution in [0.25, 0.3) is 0 Å². The van der Waals surface area contributed by atoms with E-state index in [1.807, 2.05) is 0 Å². The van der Waals surface area contributed by atoms with E-state index in [1.54, 1.807) is 0 Å². The zero-order chi connectivity index (χ0) is 10.0. The monoisotopic (exact) mass is 194 g/mol. The number of aliphatic hydroxyl groups excluding tert-OH is 4. The topological polar surface area (TPSA) is 116 Å². The fraction of sp³-hybridized carbons (Fsp3) is 0.833. The van der Waals surface area contributed by atoms with Gasteiger partial charge in [0.1, 0.15) is 18.3 Å².